The lowest BCUT2D eigenvalue weighted by Gasteiger charge is -2.22. The van der Waals surface area contributed by atoms with Gasteiger partial charge in [-0.25, -0.2) is 0 Å². The van der Waals surface area contributed by atoms with Gasteiger partial charge in [0.05, 0.1) is 23.3 Å². The van der Waals surface area contributed by atoms with Crippen LogP contribution in [0.2, 0.25) is 0 Å². The van der Waals surface area contributed by atoms with Gasteiger partial charge in [0, 0.05) is 16.6 Å². The number of hydrogen-bond donors (Lipinski definition) is 1. The molecule has 0 saturated heterocycles. The number of benzene rings is 1. The van der Waals surface area contributed by atoms with E-state index in [1.165, 1.54) is 12.1 Å². The van der Waals surface area contributed by atoms with Crippen molar-refractivity contribution in [3.63, 3.8) is 0 Å². The van der Waals surface area contributed by atoms with Gasteiger partial charge < -0.3 is 9.94 Å². The minimum atomic E-state index is -0.424. The van der Waals surface area contributed by atoms with Crippen molar-refractivity contribution < 1.29 is 14.9 Å². The molecule has 6 nitrogen and oxygen atoms in total. The van der Waals surface area contributed by atoms with E-state index in [1.54, 1.807) is 6.07 Å². The molecule has 0 atom stereocenters. The second kappa shape index (κ2) is 6.81. The summed E-state index contributed by atoms with van der Waals surface area (Å²) in [5.41, 5.74) is 1.76. The largest absolute Gasteiger partial charge is 0.411 e. The Labute approximate surface area is 124 Å². The van der Waals surface area contributed by atoms with Crippen LogP contribution in [0.5, 0.6) is 0 Å². The summed E-state index contributed by atoms with van der Waals surface area (Å²) < 4.78 is 6.49. The zero-order chi connectivity index (χ0) is 14.5. The number of rotatable bonds is 4. The highest BCUT2D eigenvalue weighted by atomic mass is 79.9. The van der Waals surface area contributed by atoms with Crippen LogP contribution >= 0.6 is 15.9 Å². The van der Waals surface area contributed by atoms with E-state index in [-0.39, 0.29) is 11.8 Å². The van der Waals surface area contributed by atoms with Gasteiger partial charge in [0.2, 0.25) is 0 Å². The van der Waals surface area contributed by atoms with Crippen LogP contribution in [0.25, 0.3) is 0 Å². The lowest BCUT2D eigenvalue weighted by Crippen LogP contribution is -2.21. The Bertz CT molecular complexity index is 523. The molecule has 108 valence electrons. The first-order chi connectivity index (χ1) is 9.60. The lowest BCUT2D eigenvalue weighted by molar-refractivity contribution is -0.384. The Kier molecular flexibility index (Phi) is 5.08. The third kappa shape index (κ3) is 3.77. The fourth-order valence-electron chi connectivity index (χ4n) is 2.17. The van der Waals surface area contributed by atoms with Crippen molar-refractivity contribution >= 4 is 27.3 Å². The predicted molar refractivity (Wildman–Crippen MR) is 77.1 cm³/mol. The Morgan fingerprint density at radius 3 is 2.70 bits per heavy atom. The standard InChI is InChI=1S/C13H15BrN2O4/c14-13-7-11(16(18)19)4-1-9(13)8-20-12-5-2-10(15-17)3-6-12/h1,4,7,12,17H,2-3,5-6,8H2. The maximum atomic E-state index is 10.7. The fourth-order valence-corrected chi connectivity index (χ4v) is 2.65. The van der Waals surface area contributed by atoms with Gasteiger partial charge in [-0.15, -0.1) is 0 Å². The minimum absolute atomic E-state index is 0.0575. The van der Waals surface area contributed by atoms with Crippen molar-refractivity contribution in [3.8, 4) is 0 Å². The summed E-state index contributed by atoms with van der Waals surface area (Å²) in [7, 11) is 0. The molecule has 1 aliphatic carbocycles. The Morgan fingerprint density at radius 1 is 1.45 bits per heavy atom. The highest BCUT2D eigenvalue weighted by molar-refractivity contribution is 9.10. The van der Waals surface area contributed by atoms with Gasteiger partial charge in [-0.3, -0.25) is 10.1 Å². The first-order valence-corrected chi connectivity index (χ1v) is 7.13. The predicted octanol–water partition coefficient (Wildman–Crippen LogP) is 3.65. The first-order valence-electron chi connectivity index (χ1n) is 6.34. The molecule has 0 heterocycles. The summed E-state index contributed by atoms with van der Waals surface area (Å²) in [5.74, 6) is 0. The summed E-state index contributed by atoms with van der Waals surface area (Å²) in [5, 5.41) is 22.6. The number of nitrogens with zero attached hydrogens (tertiary/aromatic N) is 2. The molecule has 0 aromatic heterocycles. The van der Waals surface area contributed by atoms with E-state index < -0.39 is 4.92 Å². The molecule has 0 bridgehead atoms. The lowest BCUT2D eigenvalue weighted by atomic mass is 9.96. The number of nitro benzene ring substituents is 1. The molecule has 0 spiro atoms. The molecule has 1 saturated carbocycles. The van der Waals surface area contributed by atoms with Crippen molar-refractivity contribution in [1.82, 2.24) is 0 Å². The number of non-ortho nitro benzene ring substituents is 1. The van der Waals surface area contributed by atoms with Crippen molar-refractivity contribution in [1.29, 1.82) is 0 Å². The maximum absolute atomic E-state index is 10.7. The molecule has 1 N–H and O–H groups in total. The SMILES string of the molecule is O=[N+]([O-])c1ccc(COC2CCC(=NO)CC2)c(Br)c1. The van der Waals surface area contributed by atoms with E-state index in [9.17, 15) is 10.1 Å². The van der Waals surface area contributed by atoms with Crippen LogP contribution < -0.4 is 0 Å². The molecule has 1 aliphatic rings. The molecular formula is C13H15BrN2O4. The fraction of sp³-hybridized carbons (Fsp3) is 0.462. The normalized spacial score (nSPS) is 18.9. The van der Waals surface area contributed by atoms with Crippen LogP contribution in [0.3, 0.4) is 0 Å². The molecule has 0 unspecified atom stereocenters. The van der Waals surface area contributed by atoms with Crippen molar-refractivity contribution in [2.45, 2.75) is 38.4 Å². The van der Waals surface area contributed by atoms with Gasteiger partial charge in [-0.05, 0) is 37.3 Å². The number of oxime groups is 1. The average molecular weight is 343 g/mol. The van der Waals surface area contributed by atoms with E-state index in [4.69, 9.17) is 9.94 Å². The zero-order valence-electron chi connectivity index (χ0n) is 10.8. The molecule has 1 fully saturated rings. The second-order valence-electron chi connectivity index (χ2n) is 4.71. The summed E-state index contributed by atoms with van der Waals surface area (Å²) in [4.78, 5) is 10.2. The van der Waals surface area contributed by atoms with Gasteiger partial charge in [0.1, 0.15) is 0 Å². The van der Waals surface area contributed by atoms with E-state index >= 15 is 0 Å². The molecule has 0 amide bonds. The van der Waals surface area contributed by atoms with Crippen molar-refractivity contribution in [3.05, 3.63) is 38.3 Å². The first kappa shape index (κ1) is 14.9. The molecule has 7 heteroatoms. The molecule has 1 aromatic carbocycles. The monoisotopic (exact) mass is 342 g/mol. The second-order valence-corrected chi connectivity index (χ2v) is 5.56. The van der Waals surface area contributed by atoms with Crippen LogP contribution in [0.4, 0.5) is 5.69 Å². The van der Waals surface area contributed by atoms with E-state index in [0.29, 0.717) is 11.1 Å². The van der Waals surface area contributed by atoms with Crippen LogP contribution in [-0.4, -0.2) is 21.9 Å². The molecule has 2 rings (SSSR count). The molecule has 1 aromatic rings. The van der Waals surface area contributed by atoms with Gasteiger partial charge >= 0.3 is 0 Å². The zero-order valence-corrected chi connectivity index (χ0v) is 12.4. The number of halogens is 1. The molecule has 20 heavy (non-hydrogen) atoms. The summed E-state index contributed by atoms with van der Waals surface area (Å²) >= 11 is 3.32. The van der Waals surface area contributed by atoms with Crippen molar-refractivity contribution in [2.24, 2.45) is 5.16 Å². The summed E-state index contributed by atoms with van der Waals surface area (Å²) in [6, 6.07) is 4.66. The average Bonchev–Trinajstić information content (AvgIpc) is 2.46. The van der Waals surface area contributed by atoms with Crippen LogP contribution in [-0.2, 0) is 11.3 Å². The van der Waals surface area contributed by atoms with Gasteiger partial charge in [0.15, 0.2) is 0 Å². The summed E-state index contributed by atoms with van der Waals surface area (Å²) in [6.45, 7) is 0.412. The highest BCUT2D eigenvalue weighted by Gasteiger charge is 2.19. The number of nitro groups is 1. The Hall–Kier alpha value is -1.47. The molecule has 0 aliphatic heterocycles. The van der Waals surface area contributed by atoms with Gasteiger partial charge in [-0.1, -0.05) is 21.1 Å². The third-order valence-electron chi connectivity index (χ3n) is 3.37. The third-order valence-corrected chi connectivity index (χ3v) is 4.11. The smallest absolute Gasteiger partial charge is 0.270 e. The Balaban J connectivity index is 1.90. The highest BCUT2D eigenvalue weighted by Crippen LogP contribution is 2.26. The van der Waals surface area contributed by atoms with E-state index in [1.807, 2.05) is 0 Å². The minimum Gasteiger partial charge on any atom is -0.411 e. The van der Waals surface area contributed by atoms with Crippen LogP contribution in [0, 0.1) is 10.1 Å². The van der Waals surface area contributed by atoms with Gasteiger partial charge in [0.25, 0.3) is 5.69 Å². The topological polar surface area (TPSA) is 85.0 Å². The van der Waals surface area contributed by atoms with E-state index in [2.05, 4.69) is 21.1 Å². The maximum Gasteiger partial charge on any atom is 0.270 e. The molecular weight excluding hydrogens is 328 g/mol. The quantitative estimate of drug-likeness (QED) is 0.514. The van der Waals surface area contributed by atoms with Gasteiger partial charge in [-0.2, -0.15) is 0 Å². The Morgan fingerprint density at radius 2 is 2.15 bits per heavy atom. The van der Waals surface area contributed by atoms with Crippen LogP contribution in [0.15, 0.2) is 27.8 Å². The number of ether oxygens (including phenoxy) is 1. The molecule has 0 radical (unpaired) electrons. The van der Waals surface area contributed by atoms with E-state index in [0.717, 1.165) is 37.0 Å². The van der Waals surface area contributed by atoms with Crippen LogP contribution in [0.1, 0.15) is 31.2 Å². The number of hydrogen-bond acceptors (Lipinski definition) is 5. The summed E-state index contributed by atoms with van der Waals surface area (Å²) in [6.07, 6.45) is 3.32. The van der Waals surface area contributed by atoms with Crippen molar-refractivity contribution in [2.75, 3.05) is 0 Å².